The molecule has 0 bridgehead atoms. The molecule has 6 heteroatoms. The van der Waals surface area contributed by atoms with Crippen LogP contribution in [0.15, 0.2) is 16.6 Å². The minimum Gasteiger partial charge on any atom is -0.389 e. The smallest absolute Gasteiger partial charge is 0.144 e. The highest BCUT2D eigenvalue weighted by Crippen LogP contribution is 2.21. The average molecular weight is 338 g/mol. The first-order chi connectivity index (χ1) is 8.87. The second-order valence-corrected chi connectivity index (χ2v) is 5.52. The summed E-state index contributed by atoms with van der Waals surface area (Å²) in [4.78, 5) is 0. The van der Waals surface area contributed by atoms with Crippen molar-refractivity contribution < 1.29 is 18.6 Å². The predicted molar refractivity (Wildman–Crippen MR) is 72.9 cm³/mol. The van der Waals surface area contributed by atoms with E-state index in [-0.39, 0.29) is 23.1 Å². The fourth-order valence-electron chi connectivity index (χ4n) is 1.60. The summed E-state index contributed by atoms with van der Waals surface area (Å²) in [6.45, 7) is 2.31. The van der Waals surface area contributed by atoms with Gasteiger partial charge in [-0.25, -0.2) is 8.78 Å². The predicted octanol–water partition coefficient (Wildman–Crippen LogP) is 2.60. The molecule has 1 unspecified atom stereocenters. The van der Waals surface area contributed by atoms with Crippen LogP contribution in [0.2, 0.25) is 0 Å². The first kappa shape index (κ1) is 16.5. The number of benzene rings is 1. The molecule has 0 saturated carbocycles. The van der Waals surface area contributed by atoms with Crippen molar-refractivity contribution in [1.29, 1.82) is 0 Å². The van der Waals surface area contributed by atoms with Crippen molar-refractivity contribution in [3.63, 3.8) is 0 Å². The first-order valence-electron chi connectivity index (χ1n) is 5.92. The van der Waals surface area contributed by atoms with Crippen molar-refractivity contribution in [2.45, 2.75) is 25.5 Å². The van der Waals surface area contributed by atoms with E-state index >= 15 is 0 Å². The van der Waals surface area contributed by atoms with Gasteiger partial charge in [0.15, 0.2) is 0 Å². The molecule has 0 amide bonds. The molecule has 0 heterocycles. The highest BCUT2D eigenvalue weighted by atomic mass is 79.9. The van der Waals surface area contributed by atoms with Crippen LogP contribution in [0.4, 0.5) is 8.78 Å². The summed E-state index contributed by atoms with van der Waals surface area (Å²) in [5, 5.41) is 12.8. The number of rotatable bonds is 7. The quantitative estimate of drug-likeness (QED) is 0.751. The van der Waals surface area contributed by atoms with Gasteiger partial charge in [-0.15, -0.1) is 0 Å². The lowest BCUT2D eigenvalue weighted by molar-refractivity contribution is 0.0246. The molecule has 1 aromatic carbocycles. The van der Waals surface area contributed by atoms with Gasteiger partial charge in [-0.1, -0.05) is 0 Å². The second-order valence-electron chi connectivity index (χ2n) is 4.67. The molecule has 0 radical (unpaired) electrons. The van der Waals surface area contributed by atoms with Gasteiger partial charge in [-0.05, 0) is 35.0 Å². The van der Waals surface area contributed by atoms with Gasteiger partial charge >= 0.3 is 0 Å². The van der Waals surface area contributed by atoms with Gasteiger partial charge in [0, 0.05) is 38.8 Å². The van der Waals surface area contributed by atoms with Gasteiger partial charge in [0.05, 0.1) is 10.1 Å². The van der Waals surface area contributed by atoms with Crippen LogP contribution in [0.5, 0.6) is 0 Å². The van der Waals surface area contributed by atoms with Crippen molar-refractivity contribution >= 4 is 15.9 Å². The Labute approximate surface area is 120 Å². The maximum atomic E-state index is 13.7. The first-order valence-corrected chi connectivity index (χ1v) is 6.71. The normalized spacial score (nSPS) is 14.4. The van der Waals surface area contributed by atoms with E-state index in [4.69, 9.17) is 4.74 Å². The fourth-order valence-corrected chi connectivity index (χ4v) is 1.97. The zero-order valence-electron chi connectivity index (χ0n) is 11.0. The molecule has 0 spiro atoms. The Morgan fingerprint density at radius 2 is 2.11 bits per heavy atom. The Balaban J connectivity index is 2.56. The van der Waals surface area contributed by atoms with E-state index in [1.807, 2.05) is 0 Å². The molecule has 0 saturated heterocycles. The van der Waals surface area contributed by atoms with Crippen molar-refractivity contribution in [3.8, 4) is 0 Å². The molecular weight excluding hydrogens is 320 g/mol. The molecule has 0 aliphatic carbocycles. The molecule has 1 aromatic rings. The van der Waals surface area contributed by atoms with Gasteiger partial charge in [0.1, 0.15) is 11.6 Å². The third-order valence-corrected chi connectivity index (χ3v) is 3.40. The fraction of sp³-hybridized carbons (Fsp3) is 0.538. The summed E-state index contributed by atoms with van der Waals surface area (Å²) in [5.74, 6) is -1.23. The number of halogens is 3. The highest BCUT2D eigenvalue weighted by molar-refractivity contribution is 9.10. The lowest BCUT2D eigenvalue weighted by Gasteiger charge is -2.23. The summed E-state index contributed by atoms with van der Waals surface area (Å²) in [7, 11) is 1.55. The summed E-state index contributed by atoms with van der Waals surface area (Å²) < 4.78 is 32.2. The van der Waals surface area contributed by atoms with Crippen molar-refractivity contribution in [1.82, 2.24) is 5.32 Å². The molecule has 19 heavy (non-hydrogen) atoms. The van der Waals surface area contributed by atoms with E-state index in [9.17, 15) is 13.9 Å². The minimum atomic E-state index is -0.977. The van der Waals surface area contributed by atoms with Crippen LogP contribution in [0.25, 0.3) is 0 Å². The Bertz CT molecular complexity index is 427. The number of hydrogen-bond acceptors (Lipinski definition) is 3. The van der Waals surface area contributed by atoms with E-state index in [2.05, 4.69) is 21.2 Å². The molecule has 3 nitrogen and oxygen atoms in total. The summed E-state index contributed by atoms with van der Waals surface area (Å²) in [5.41, 5.74) is -1.02. The SMILES string of the molecule is COCCC(C)(O)CNCc1c(F)ccc(Br)c1F. The van der Waals surface area contributed by atoms with Gasteiger partial charge in [-0.3, -0.25) is 0 Å². The summed E-state index contributed by atoms with van der Waals surface area (Å²) in [6.07, 6.45) is 0.444. The third kappa shape index (κ3) is 5.14. The average Bonchev–Trinajstić information content (AvgIpc) is 2.36. The molecule has 0 fully saturated rings. The topological polar surface area (TPSA) is 41.5 Å². The van der Waals surface area contributed by atoms with E-state index < -0.39 is 17.2 Å². The number of ether oxygens (including phenoxy) is 1. The van der Waals surface area contributed by atoms with E-state index in [1.54, 1.807) is 14.0 Å². The Kier molecular flexibility index (Phi) is 6.32. The monoisotopic (exact) mass is 337 g/mol. The van der Waals surface area contributed by atoms with Gasteiger partial charge in [-0.2, -0.15) is 0 Å². The number of nitrogens with one attached hydrogen (secondary N) is 1. The minimum absolute atomic E-state index is 0.0141. The zero-order valence-corrected chi connectivity index (χ0v) is 12.6. The number of hydrogen-bond donors (Lipinski definition) is 2. The Morgan fingerprint density at radius 1 is 1.42 bits per heavy atom. The Hall–Kier alpha value is -0.560. The number of methoxy groups -OCH3 is 1. The molecule has 1 rings (SSSR count). The second kappa shape index (κ2) is 7.28. The third-order valence-electron chi connectivity index (χ3n) is 2.79. The highest BCUT2D eigenvalue weighted by Gasteiger charge is 2.20. The molecule has 0 aliphatic heterocycles. The van der Waals surface area contributed by atoms with E-state index in [1.165, 1.54) is 12.1 Å². The van der Waals surface area contributed by atoms with E-state index in [0.717, 1.165) is 0 Å². The maximum absolute atomic E-state index is 13.7. The largest absolute Gasteiger partial charge is 0.389 e. The van der Waals surface area contributed by atoms with Crippen LogP contribution in [-0.4, -0.2) is 31.0 Å². The maximum Gasteiger partial charge on any atom is 0.144 e. The lowest BCUT2D eigenvalue weighted by Crippen LogP contribution is -2.38. The molecule has 1 atom stereocenters. The zero-order chi connectivity index (χ0) is 14.5. The van der Waals surface area contributed by atoms with Gasteiger partial charge in [0.25, 0.3) is 0 Å². The summed E-state index contributed by atoms with van der Waals surface area (Å²) in [6, 6.07) is 2.52. The molecule has 0 aromatic heterocycles. The van der Waals surface area contributed by atoms with Gasteiger partial charge in [0.2, 0.25) is 0 Å². The molecule has 2 N–H and O–H groups in total. The van der Waals surface area contributed by atoms with Crippen LogP contribution in [-0.2, 0) is 11.3 Å². The van der Waals surface area contributed by atoms with Gasteiger partial charge < -0.3 is 15.2 Å². The standard InChI is InChI=1S/C13H18BrF2NO2/c1-13(18,5-6-19-2)8-17-7-9-11(15)4-3-10(14)12(9)16/h3-4,17-18H,5-8H2,1-2H3. The van der Waals surface area contributed by atoms with Crippen molar-refractivity contribution in [2.75, 3.05) is 20.3 Å². The molecule has 0 aliphatic rings. The van der Waals surface area contributed by atoms with Crippen LogP contribution >= 0.6 is 15.9 Å². The Morgan fingerprint density at radius 3 is 2.74 bits per heavy atom. The summed E-state index contributed by atoms with van der Waals surface area (Å²) >= 11 is 3.01. The number of aliphatic hydroxyl groups is 1. The lowest BCUT2D eigenvalue weighted by atomic mass is 10.0. The van der Waals surface area contributed by atoms with Crippen LogP contribution in [0.1, 0.15) is 18.9 Å². The van der Waals surface area contributed by atoms with Crippen LogP contribution in [0, 0.1) is 11.6 Å². The molecular formula is C13H18BrF2NO2. The van der Waals surface area contributed by atoms with E-state index in [0.29, 0.717) is 13.0 Å². The van der Waals surface area contributed by atoms with Crippen molar-refractivity contribution in [2.24, 2.45) is 0 Å². The molecule has 108 valence electrons. The van der Waals surface area contributed by atoms with Crippen LogP contribution in [0.3, 0.4) is 0 Å². The van der Waals surface area contributed by atoms with Crippen molar-refractivity contribution in [3.05, 3.63) is 33.8 Å². The van der Waals surface area contributed by atoms with Crippen LogP contribution < -0.4 is 5.32 Å².